The SMILES string of the molecule is CCNC(CCO)c1ccc(F)c(C)c1. The molecular weight excluding hydrogens is 193 g/mol. The molecule has 0 aliphatic rings. The quantitative estimate of drug-likeness (QED) is 0.782. The van der Waals surface area contributed by atoms with Crippen LogP contribution in [0.1, 0.15) is 30.5 Å². The molecule has 0 saturated heterocycles. The summed E-state index contributed by atoms with van der Waals surface area (Å²) in [5.74, 6) is -0.182. The van der Waals surface area contributed by atoms with Crippen molar-refractivity contribution in [2.75, 3.05) is 13.2 Å². The number of aryl methyl sites for hydroxylation is 1. The van der Waals surface area contributed by atoms with Crippen molar-refractivity contribution < 1.29 is 9.50 Å². The van der Waals surface area contributed by atoms with E-state index in [1.807, 2.05) is 13.0 Å². The third kappa shape index (κ3) is 3.29. The molecule has 0 radical (unpaired) electrons. The highest BCUT2D eigenvalue weighted by atomic mass is 19.1. The summed E-state index contributed by atoms with van der Waals surface area (Å²) in [6.45, 7) is 4.73. The summed E-state index contributed by atoms with van der Waals surface area (Å²) in [5.41, 5.74) is 1.68. The van der Waals surface area contributed by atoms with Crippen molar-refractivity contribution in [3.8, 4) is 0 Å². The largest absolute Gasteiger partial charge is 0.396 e. The fourth-order valence-electron chi connectivity index (χ4n) is 1.65. The average molecular weight is 211 g/mol. The van der Waals surface area contributed by atoms with Gasteiger partial charge in [0.05, 0.1) is 0 Å². The van der Waals surface area contributed by atoms with Gasteiger partial charge in [0, 0.05) is 12.6 Å². The molecule has 1 rings (SSSR count). The fourth-order valence-corrected chi connectivity index (χ4v) is 1.65. The third-order valence-electron chi connectivity index (χ3n) is 2.45. The minimum absolute atomic E-state index is 0.110. The lowest BCUT2D eigenvalue weighted by molar-refractivity contribution is 0.266. The van der Waals surface area contributed by atoms with Crippen LogP contribution in [0.15, 0.2) is 18.2 Å². The molecule has 0 spiro atoms. The average Bonchev–Trinajstić information content (AvgIpc) is 2.22. The molecule has 0 fully saturated rings. The molecule has 0 aliphatic heterocycles. The van der Waals surface area contributed by atoms with Crippen LogP contribution in [0.25, 0.3) is 0 Å². The predicted octanol–water partition coefficient (Wildman–Crippen LogP) is 2.17. The van der Waals surface area contributed by atoms with E-state index in [4.69, 9.17) is 5.11 Å². The molecule has 0 heterocycles. The number of benzene rings is 1. The fraction of sp³-hybridized carbons (Fsp3) is 0.500. The standard InChI is InChI=1S/C12H18FNO/c1-3-14-12(6-7-15)10-4-5-11(13)9(2)8-10/h4-5,8,12,14-15H,3,6-7H2,1-2H3. The summed E-state index contributed by atoms with van der Waals surface area (Å²) in [6, 6.07) is 5.19. The Morgan fingerprint density at radius 1 is 1.47 bits per heavy atom. The zero-order valence-electron chi connectivity index (χ0n) is 9.26. The smallest absolute Gasteiger partial charge is 0.126 e. The van der Waals surface area contributed by atoms with Crippen LogP contribution in [0, 0.1) is 12.7 Å². The number of nitrogens with one attached hydrogen (secondary N) is 1. The van der Waals surface area contributed by atoms with E-state index in [1.54, 1.807) is 13.0 Å². The number of aliphatic hydroxyl groups excluding tert-OH is 1. The molecule has 0 amide bonds. The lowest BCUT2D eigenvalue weighted by Crippen LogP contribution is -2.22. The Bertz CT molecular complexity index is 308. The second kappa shape index (κ2) is 5.83. The van der Waals surface area contributed by atoms with Crippen molar-refractivity contribution >= 4 is 0 Å². The maximum absolute atomic E-state index is 13.1. The first-order valence-electron chi connectivity index (χ1n) is 5.29. The maximum atomic E-state index is 13.1. The van der Waals surface area contributed by atoms with Gasteiger partial charge in [-0.25, -0.2) is 4.39 Å². The highest BCUT2D eigenvalue weighted by molar-refractivity contribution is 5.26. The van der Waals surface area contributed by atoms with Crippen LogP contribution in [-0.4, -0.2) is 18.3 Å². The molecule has 0 aromatic heterocycles. The Labute approximate surface area is 90.1 Å². The van der Waals surface area contributed by atoms with Gasteiger partial charge in [-0.3, -0.25) is 0 Å². The van der Waals surface area contributed by atoms with Crippen LogP contribution in [0.3, 0.4) is 0 Å². The first-order valence-corrected chi connectivity index (χ1v) is 5.29. The first-order chi connectivity index (χ1) is 7.19. The van der Waals surface area contributed by atoms with Crippen molar-refractivity contribution in [1.82, 2.24) is 5.32 Å². The highest BCUT2D eigenvalue weighted by Gasteiger charge is 2.10. The molecule has 0 saturated carbocycles. The van der Waals surface area contributed by atoms with Gasteiger partial charge in [-0.05, 0) is 37.1 Å². The Morgan fingerprint density at radius 2 is 2.20 bits per heavy atom. The second-order valence-corrected chi connectivity index (χ2v) is 3.63. The van der Waals surface area contributed by atoms with Crippen molar-refractivity contribution in [3.05, 3.63) is 35.1 Å². The van der Waals surface area contributed by atoms with Crippen LogP contribution in [0.2, 0.25) is 0 Å². The van der Waals surface area contributed by atoms with Crippen LogP contribution in [-0.2, 0) is 0 Å². The summed E-state index contributed by atoms with van der Waals surface area (Å²) in [7, 11) is 0. The zero-order valence-corrected chi connectivity index (χ0v) is 9.26. The molecule has 15 heavy (non-hydrogen) atoms. The molecule has 84 valence electrons. The van der Waals surface area contributed by atoms with E-state index in [-0.39, 0.29) is 18.5 Å². The van der Waals surface area contributed by atoms with Gasteiger partial charge in [-0.2, -0.15) is 0 Å². The van der Waals surface area contributed by atoms with E-state index in [1.165, 1.54) is 6.07 Å². The Balaban J connectivity index is 2.85. The van der Waals surface area contributed by atoms with Gasteiger partial charge in [0.25, 0.3) is 0 Å². The zero-order chi connectivity index (χ0) is 11.3. The lowest BCUT2D eigenvalue weighted by atomic mass is 10.0. The van der Waals surface area contributed by atoms with Crippen LogP contribution >= 0.6 is 0 Å². The lowest BCUT2D eigenvalue weighted by Gasteiger charge is -2.17. The van der Waals surface area contributed by atoms with Crippen molar-refractivity contribution in [3.63, 3.8) is 0 Å². The van der Waals surface area contributed by atoms with E-state index in [0.29, 0.717) is 12.0 Å². The molecule has 1 aromatic rings. The normalized spacial score (nSPS) is 12.8. The molecule has 1 aromatic carbocycles. The summed E-state index contributed by atoms with van der Waals surface area (Å²) < 4.78 is 13.1. The molecule has 1 atom stereocenters. The van der Waals surface area contributed by atoms with Crippen LogP contribution in [0.5, 0.6) is 0 Å². The van der Waals surface area contributed by atoms with E-state index >= 15 is 0 Å². The minimum Gasteiger partial charge on any atom is -0.396 e. The summed E-state index contributed by atoms with van der Waals surface area (Å²) >= 11 is 0. The minimum atomic E-state index is -0.182. The molecule has 2 N–H and O–H groups in total. The molecule has 2 nitrogen and oxygen atoms in total. The topological polar surface area (TPSA) is 32.3 Å². The highest BCUT2D eigenvalue weighted by Crippen LogP contribution is 2.19. The van der Waals surface area contributed by atoms with Crippen LogP contribution in [0.4, 0.5) is 4.39 Å². The third-order valence-corrected chi connectivity index (χ3v) is 2.45. The summed E-state index contributed by atoms with van der Waals surface area (Å²) in [6.07, 6.45) is 0.652. The van der Waals surface area contributed by atoms with Gasteiger partial charge in [-0.1, -0.05) is 19.1 Å². The van der Waals surface area contributed by atoms with E-state index in [0.717, 1.165) is 12.1 Å². The van der Waals surface area contributed by atoms with E-state index in [2.05, 4.69) is 5.32 Å². The number of hydrogen-bond acceptors (Lipinski definition) is 2. The number of aliphatic hydroxyl groups is 1. The number of halogens is 1. The van der Waals surface area contributed by atoms with Crippen molar-refractivity contribution in [2.24, 2.45) is 0 Å². The van der Waals surface area contributed by atoms with Gasteiger partial charge >= 0.3 is 0 Å². The number of rotatable bonds is 5. The van der Waals surface area contributed by atoms with Gasteiger partial charge in [0.2, 0.25) is 0 Å². The maximum Gasteiger partial charge on any atom is 0.126 e. The Kier molecular flexibility index (Phi) is 4.72. The van der Waals surface area contributed by atoms with Crippen LogP contribution < -0.4 is 5.32 Å². The Morgan fingerprint density at radius 3 is 2.73 bits per heavy atom. The molecule has 0 bridgehead atoms. The first kappa shape index (κ1) is 12.1. The molecule has 0 aliphatic carbocycles. The molecule has 3 heteroatoms. The Hall–Kier alpha value is -0.930. The molecular formula is C12H18FNO. The van der Waals surface area contributed by atoms with Gasteiger partial charge in [0.1, 0.15) is 5.82 Å². The van der Waals surface area contributed by atoms with Crippen molar-refractivity contribution in [1.29, 1.82) is 0 Å². The summed E-state index contributed by atoms with van der Waals surface area (Å²) in [4.78, 5) is 0. The van der Waals surface area contributed by atoms with Gasteiger partial charge in [0.15, 0.2) is 0 Å². The van der Waals surface area contributed by atoms with Crippen molar-refractivity contribution in [2.45, 2.75) is 26.3 Å². The predicted molar refractivity (Wildman–Crippen MR) is 59.3 cm³/mol. The molecule has 1 unspecified atom stereocenters. The van der Waals surface area contributed by atoms with Gasteiger partial charge in [-0.15, -0.1) is 0 Å². The van der Waals surface area contributed by atoms with E-state index in [9.17, 15) is 4.39 Å². The summed E-state index contributed by atoms with van der Waals surface area (Å²) in [5, 5.41) is 12.2. The second-order valence-electron chi connectivity index (χ2n) is 3.63. The van der Waals surface area contributed by atoms with Gasteiger partial charge < -0.3 is 10.4 Å². The monoisotopic (exact) mass is 211 g/mol. The van der Waals surface area contributed by atoms with E-state index < -0.39 is 0 Å². The number of hydrogen-bond donors (Lipinski definition) is 2.